The largest absolute Gasteiger partial charge is 0.334 e. The molecule has 7 heteroatoms. The van der Waals surface area contributed by atoms with Gasteiger partial charge < -0.3 is 15.5 Å². The summed E-state index contributed by atoms with van der Waals surface area (Å²) in [5, 5.41) is 5.14. The van der Waals surface area contributed by atoms with Crippen molar-refractivity contribution in [1.29, 1.82) is 0 Å². The number of aryl methyl sites for hydroxylation is 1. The Labute approximate surface area is 154 Å². The molecule has 0 unspecified atom stereocenters. The zero-order chi connectivity index (χ0) is 18.4. The summed E-state index contributed by atoms with van der Waals surface area (Å²) < 4.78 is 13.8. The molecular formula is C18H19BrFN3O2. The van der Waals surface area contributed by atoms with Gasteiger partial charge in [-0.15, -0.1) is 0 Å². The topological polar surface area (TPSA) is 61.4 Å². The zero-order valence-corrected chi connectivity index (χ0v) is 15.6. The highest BCUT2D eigenvalue weighted by Gasteiger charge is 2.13. The molecule has 25 heavy (non-hydrogen) atoms. The van der Waals surface area contributed by atoms with Gasteiger partial charge in [-0.25, -0.2) is 9.18 Å². The van der Waals surface area contributed by atoms with Crippen LogP contribution in [0.4, 0.5) is 14.9 Å². The summed E-state index contributed by atoms with van der Waals surface area (Å²) in [7, 11) is 1.66. The zero-order valence-electron chi connectivity index (χ0n) is 14.0. The van der Waals surface area contributed by atoms with Crippen molar-refractivity contribution in [2.75, 3.05) is 18.5 Å². The Morgan fingerprint density at radius 3 is 2.44 bits per heavy atom. The summed E-state index contributed by atoms with van der Waals surface area (Å²) >= 11 is 3.42. The highest BCUT2D eigenvalue weighted by molar-refractivity contribution is 9.10. The lowest BCUT2D eigenvalue weighted by atomic mass is 10.2. The van der Waals surface area contributed by atoms with Crippen LogP contribution in [0, 0.1) is 12.7 Å². The van der Waals surface area contributed by atoms with Crippen LogP contribution in [0.2, 0.25) is 0 Å². The van der Waals surface area contributed by atoms with Gasteiger partial charge in [-0.3, -0.25) is 4.79 Å². The van der Waals surface area contributed by atoms with E-state index in [0.29, 0.717) is 0 Å². The standard InChI is InChI=1S/C18H19BrFN3O2/c1-12-9-15(7-8-16(12)19)23(2)17(24)11-22-18(25)21-10-13-3-5-14(20)6-4-13/h3-9H,10-11H2,1-2H3,(H2,21,22,25). The number of likely N-dealkylation sites (N-methyl/N-ethyl adjacent to an activating group) is 1. The lowest BCUT2D eigenvalue weighted by Crippen LogP contribution is -2.42. The third-order valence-corrected chi connectivity index (χ3v) is 4.56. The van der Waals surface area contributed by atoms with E-state index in [0.717, 1.165) is 21.3 Å². The van der Waals surface area contributed by atoms with Crippen LogP contribution in [-0.4, -0.2) is 25.5 Å². The Balaban J connectivity index is 1.81. The van der Waals surface area contributed by atoms with E-state index in [4.69, 9.17) is 0 Å². The first-order valence-corrected chi connectivity index (χ1v) is 8.45. The number of benzene rings is 2. The second-order valence-corrected chi connectivity index (χ2v) is 6.40. The monoisotopic (exact) mass is 407 g/mol. The second-order valence-electron chi connectivity index (χ2n) is 5.55. The molecular weight excluding hydrogens is 389 g/mol. The third kappa shape index (κ3) is 5.56. The molecule has 2 rings (SSSR count). The number of anilines is 1. The molecule has 0 bridgehead atoms. The second kappa shape index (κ2) is 8.62. The summed E-state index contributed by atoms with van der Waals surface area (Å²) in [5.41, 5.74) is 2.53. The Morgan fingerprint density at radius 1 is 1.12 bits per heavy atom. The highest BCUT2D eigenvalue weighted by atomic mass is 79.9. The number of nitrogens with zero attached hydrogens (tertiary/aromatic N) is 1. The van der Waals surface area contributed by atoms with E-state index < -0.39 is 6.03 Å². The van der Waals surface area contributed by atoms with E-state index in [-0.39, 0.29) is 24.8 Å². The summed E-state index contributed by atoms with van der Waals surface area (Å²) in [6.45, 7) is 2.07. The average molecular weight is 408 g/mol. The minimum absolute atomic E-state index is 0.124. The predicted molar refractivity (Wildman–Crippen MR) is 98.9 cm³/mol. The van der Waals surface area contributed by atoms with Crippen LogP contribution in [0.5, 0.6) is 0 Å². The van der Waals surface area contributed by atoms with Crippen molar-refractivity contribution in [1.82, 2.24) is 10.6 Å². The first-order valence-electron chi connectivity index (χ1n) is 7.65. The summed E-state index contributed by atoms with van der Waals surface area (Å²) in [4.78, 5) is 25.4. The van der Waals surface area contributed by atoms with Crippen LogP contribution in [0.3, 0.4) is 0 Å². The molecule has 0 aliphatic rings. The lowest BCUT2D eigenvalue weighted by molar-refractivity contribution is -0.117. The summed E-state index contributed by atoms with van der Waals surface area (Å²) in [5.74, 6) is -0.566. The van der Waals surface area contributed by atoms with Gasteiger partial charge in [-0.05, 0) is 48.4 Å². The van der Waals surface area contributed by atoms with Crippen LogP contribution in [0.1, 0.15) is 11.1 Å². The molecule has 2 aromatic carbocycles. The van der Waals surface area contributed by atoms with E-state index in [1.165, 1.54) is 17.0 Å². The molecule has 2 aromatic rings. The van der Waals surface area contributed by atoms with Crippen LogP contribution >= 0.6 is 15.9 Å². The van der Waals surface area contributed by atoms with Crippen LogP contribution in [0.15, 0.2) is 46.9 Å². The lowest BCUT2D eigenvalue weighted by Gasteiger charge is -2.18. The molecule has 0 heterocycles. The molecule has 3 amide bonds. The normalized spacial score (nSPS) is 10.2. The van der Waals surface area contributed by atoms with Crippen LogP contribution in [0.25, 0.3) is 0 Å². The molecule has 2 N–H and O–H groups in total. The molecule has 0 aliphatic carbocycles. The Morgan fingerprint density at radius 2 is 1.80 bits per heavy atom. The van der Waals surface area contributed by atoms with Crippen molar-refractivity contribution in [3.8, 4) is 0 Å². The first-order chi connectivity index (χ1) is 11.9. The summed E-state index contributed by atoms with van der Waals surface area (Å²) in [6.07, 6.45) is 0. The van der Waals surface area contributed by atoms with Gasteiger partial charge in [0.1, 0.15) is 5.82 Å². The minimum Gasteiger partial charge on any atom is -0.334 e. The van der Waals surface area contributed by atoms with E-state index in [1.54, 1.807) is 19.2 Å². The molecule has 0 fully saturated rings. The van der Waals surface area contributed by atoms with Crippen molar-refractivity contribution in [3.05, 3.63) is 63.9 Å². The van der Waals surface area contributed by atoms with Crippen molar-refractivity contribution in [2.45, 2.75) is 13.5 Å². The van der Waals surface area contributed by atoms with Gasteiger partial charge in [0.05, 0.1) is 6.54 Å². The maximum atomic E-state index is 12.8. The molecule has 0 aliphatic heterocycles. The number of nitrogens with one attached hydrogen (secondary N) is 2. The number of halogens is 2. The average Bonchev–Trinajstić information content (AvgIpc) is 2.60. The molecule has 0 spiro atoms. The SMILES string of the molecule is Cc1cc(N(C)C(=O)CNC(=O)NCc2ccc(F)cc2)ccc1Br. The maximum Gasteiger partial charge on any atom is 0.315 e. The predicted octanol–water partition coefficient (Wildman–Crippen LogP) is 3.36. The number of rotatable bonds is 5. The minimum atomic E-state index is -0.460. The van der Waals surface area contributed by atoms with E-state index in [9.17, 15) is 14.0 Å². The molecule has 0 radical (unpaired) electrons. The van der Waals surface area contributed by atoms with Gasteiger partial charge >= 0.3 is 6.03 Å². The summed E-state index contributed by atoms with van der Waals surface area (Å²) in [6, 6.07) is 11.0. The Kier molecular flexibility index (Phi) is 6.52. The molecule has 132 valence electrons. The fourth-order valence-corrected chi connectivity index (χ4v) is 2.35. The number of hydrogen-bond acceptors (Lipinski definition) is 2. The van der Waals surface area contributed by atoms with E-state index in [2.05, 4.69) is 26.6 Å². The van der Waals surface area contributed by atoms with Gasteiger partial charge in [-0.2, -0.15) is 0 Å². The fourth-order valence-electron chi connectivity index (χ4n) is 2.10. The molecule has 0 atom stereocenters. The van der Waals surface area contributed by atoms with Crippen molar-refractivity contribution < 1.29 is 14.0 Å². The quantitative estimate of drug-likeness (QED) is 0.797. The van der Waals surface area contributed by atoms with Crippen molar-refractivity contribution in [2.24, 2.45) is 0 Å². The van der Waals surface area contributed by atoms with Crippen LogP contribution < -0.4 is 15.5 Å². The number of carbonyl (C=O) groups is 2. The van der Waals surface area contributed by atoms with Crippen molar-refractivity contribution in [3.63, 3.8) is 0 Å². The van der Waals surface area contributed by atoms with Crippen LogP contribution in [-0.2, 0) is 11.3 Å². The smallest absolute Gasteiger partial charge is 0.315 e. The molecule has 5 nitrogen and oxygen atoms in total. The Hall–Kier alpha value is -2.41. The molecule has 0 saturated carbocycles. The van der Waals surface area contributed by atoms with Gasteiger partial charge in [0, 0.05) is 23.8 Å². The van der Waals surface area contributed by atoms with Gasteiger partial charge in [0.25, 0.3) is 0 Å². The van der Waals surface area contributed by atoms with Crippen molar-refractivity contribution >= 4 is 33.6 Å². The molecule has 0 aromatic heterocycles. The fraction of sp³-hybridized carbons (Fsp3) is 0.222. The van der Waals surface area contributed by atoms with Gasteiger partial charge in [0.2, 0.25) is 5.91 Å². The third-order valence-electron chi connectivity index (χ3n) is 3.67. The number of hydrogen-bond donors (Lipinski definition) is 2. The maximum absolute atomic E-state index is 12.8. The number of urea groups is 1. The van der Waals surface area contributed by atoms with Gasteiger partial charge in [-0.1, -0.05) is 28.1 Å². The van der Waals surface area contributed by atoms with E-state index >= 15 is 0 Å². The Bertz CT molecular complexity index is 765. The van der Waals surface area contributed by atoms with E-state index in [1.807, 2.05) is 25.1 Å². The highest BCUT2D eigenvalue weighted by Crippen LogP contribution is 2.22. The first kappa shape index (κ1) is 18.9. The number of amides is 3. The molecule has 0 saturated heterocycles. The number of carbonyl (C=O) groups excluding carboxylic acids is 2. The van der Waals surface area contributed by atoms with Gasteiger partial charge in [0.15, 0.2) is 0 Å².